The molecule has 0 unspecified atom stereocenters. The Balaban J connectivity index is 1.84. The molecule has 0 aliphatic rings. The van der Waals surface area contributed by atoms with Gasteiger partial charge in [-0.3, -0.25) is 0 Å². The third kappa shape index (κ3) is 4.28. The van der Waals surface area contributed by atoms with Gasteiger partial charge >= 0.3 is 0 Å². The van der Waals surface area contributed by atoms with Crippen LogP contribution >= 0.6 is 0 Å². The van der Waals surface area contributed by atoms with Gasteiger partial charge in [-0.05, 0) is 77.5 Å². The SMILES string of the molecule is [2H]C([2H])([2H])c1cc(-c2cccc(-c3cccc(C#CC)c3)c2)cc(-c2ccc[n+](C)c2)c1. The number of rotatable bonds is 3. The molecule has 0 radical (unpaired) electrons. The Morgan fingerprint density at radius 1 is 0.724 bits per heavy atom. The number of hydrogen-bond acceptors (Lipinski definition) is 0. The fraction of sp³-hybridized carbons (Fsp3) is 0.107. The summed E-state index contributed by atoms with van der Waals surface area (Å²) in [4.78, 5) is 0. The molecular weight excluding hydrogens is 350 g/mol. The van der Waals surface area contributed by atoms with E-state index in [-0.39, 0.29) is 0 Å². The van der Waals surface area contributed by atoms with E-state index in [0.717, 1.165) is 38.9 Å². The maximum Gasteiger partial charge on any atom is 0.176 e. The summed E-state index contributed by atoms with van der Waals surface area (Å²) in [6.45, 7) is -0.359. The summed E-state index contributed by atoms with van der Waals surface area (Å²) >= 11 is 0. The van der Waals surface area contributed by atoms with E-state index in [0.29, 0.717) is 5.56 Å². The highest BCUT2D eigenvalue weighted by Crippen LogP contribution is 2.30. The molecule has 0 aliphatic carbocycles. The quantitative estimate of drug-likeness (QED) is 0.296. The number of hydrogen-bond donors (Lipinski definition) is 0. The summed E-state index contributed by atoms with van der Waals surface area (Å²) < 4.78 is 25.9. The van der Waals surface area contributed by atoms with Crippen LogP contribution in [0.15, 0.2) is 91.3 Å². The third-order valence-electron chi connectivity index (χ3n) is 4.87. The summed E-state index contributed by atoms with van der Waals surface area (Å²) in [5.74, 6) is 6.04. The standard InChI is InChI=1S/C28H24N/c1-4-8-22-9-5-10-23(17-22)24-11-6-12-25(18-24)27-15-21(2)16-28(19-27)26-13-7-14-29(3)20-26/h5-7,9-20H,1-3H3/q+1/i2D3. The van der Waals surface area contributed by atoms with E-state index in [4.69, 9.17) is 4.11 Å². The Morgan fingerprint density at radius 3 is 2.07 bits per heavy atom. The van der Waals surface area contributed by atoms with Gasteiger partial charge < -0.3 is 0 Å². The van der Waals surface area contributed by atoms with E-state index < -0.39 is 6.85 Å². The fourth-order valence-corrected chi connectivity index (χ4v) is 3.52. The number of benzene rings is 3. The monoisotopic (exact) mass is 377 g/mol. The third-order valence-corrected chi connectivity index (χ3v) is 4.87. The summed E-state index contributed by atoms with van der Waals surface area (Å²) in [6, 6.07) is 25.9. The van der Waals surface area contributed by atoms with Crippen LogP contribution in [0.25, 0.3) is 33.4 Å². The van der Waals surface area contributed by atoms with Crippen molar-refractivity contribution in [3.8, 4) is 45.2 Å². The smallest absolute Gasteiger partial charge is 0.176 e. The summed E-state index contributed by atoms with van der Waals surface area (Å²) in [7, 11) is 1.96. The van der Waals surface area contributed by atoms with Crippen LogP contribution in [0.1, 0.15) is 22.2 Å². The van der Waals surface area contributed by atoms with Gasteiger partial charge in [0.2, 0.25) is 0 Å². The summed E-state index contributed by atoms with van der Waals surface area (Å²) in [6.07, 6.45) is 3.96. The van der Waals surface area contributed by atoms with Gasteiger partial charge in [-0.15, -0.1) is 5.92 Å². The van der Waals surface area contributed by atoms with Crippen LogP contribution in [0, 0.1) is 18.7 Å². The van der Waals surface area contributed by atoms with Crippen LogP contribution in [0.5, 0.6) is 0 Å². The van der Waals surface area contributed by atoms with Crippen molar-refractivity contribution < 1.29 is 8.68 Å². The average molecular weight is 378 g/mol. The van der Waals surface area contributed by atoms with E-state index >= 15 is 0 Å². The number of aromatic nitrogens is 1. The lowest BCUT2D eigenvalue weighted by molar-refractivity contribution is -0.671. The molecule has 1 aromatic heterocycles. The van der Waals surface area contributed by atoms with Crippen molar-refractivity contribution in [1.29, 1.82) is 0 Å². The van der Waals surface area contributed by atoms with Gasteiger partial charge in [-0.2, -0.15) is 0 Å². The molecule has 4 rings (SSSR count). The molecule has 0 saturated heterocycles. The number of aryl methyl sites for hydroxylation is 2. The van der Waals surface area contributed by atoms with Crippen molar-refractivity contribution in [2.45, 2.75) is 13.8 Å². The van der Waals surface area contributed by atoms with Crippen molar-refractivity contribution in [3.63, 3.8) is 0 Å². The predicted octanol–water partition coefficient (Wildman–Crippen LogP) is 6.19. The molecule has 4 aromatic rings. The molecule has 1 heteroatoms. The minimum atomic E-state index is -2.19. The zero-order chi connectivity index (χ0) is 22.7. The minimum Gasteiger partial charge on any atom is -0.207 e. The van der Waals surface area contributed by atoms with Crippen molar-refractivity contribution in [3.05, 3.63) is 102 Å². The first-order chi connectivity index (χ1) is 15.3. The molecule has 0 atom stereocenters. The molecule has 0 amide bonds. The Labute approximate surface area is 177 Å². The Hall–Kier alpha value is -3.63. The zero-order valence-corrected chi connectivity index (χ0v) is 16.6. The maximum absolute atomic E-state index is 7.99. The van der Waals surface area contributed by atoms with Crippen LogP contribution in [0.4, 0.5) is 0 Å². The van der Waals surface area contributed by atoms with E-state index in [1.165, 1.54) is 0 Å². The minimum absolute atomic E-state index is 0.335. The van der Waals surface area contributed by atoms with Crippen molar-refractivity contribution in [2.75, 3.05) is 0 Å². The zero-order valence-electron chi connectivity index (χ0n) is 19.6. The van der Waals surface area contributed by atoms with E-state index in [2.05, 4.69) is 42.2 Å². The molecule has 29 heavy (non-hydrogen) atoms. The largest absolute Gasteiger partial charge is 0.207 e. The highest BCUT2D eigenvalue weighted by molar-refractivity contribution is 5.77. The van der Waals surface area contributed by atoms with E-state index in [1.54, 1.807) is 12.1 Å². The van der Waals surface area contributed by atoms with Gasteiger partial charge in [-0.25, -0.2) is 4.57 Å². The second-order valence-electron chi connectivity index (χ2n) is 7.09. The van der Waals surface area contributed by atoms with Crippen LogP contribution in [0.2, 0.25) is 0 Å². The molecule has 0 N–H and O–H groups in total. The molecule has 1 heterocycles. The first-order valence-electron chi connectivity index (χ1n) is 11.1. The molecule has 0 fully saturated rings. The first-order valence-corrected chi connectivity index (χ1v) is 9.58. The second kappa shape index (κ2) is 8.17. The highest BCUT2D eigenvalue weighted by atomic mass is 14.9. The average Bonchev–Trinajstić information content (AvgIpc) is 2.79. The normalized spacial score (nSPS) is 12.3. The Bertz CT molecular complexity index is 1340. The second-order valence-corrected chi connectivity index (χ2v) is 7.09. The van der Waals surface area contributed by atoms with Crippen molar-refractivity contribution in [1.82, 2.24) is 0 Å². The molecule has 0 bridgehead atoms. The van der Waals surface area contributed by atoms with Gasteiger partial charge in [0.05, 0.1) is 0 Å². The molecule has 140 valence electrons. The van der Waals surface area contributed by atoms with Crippen molar-refractivity contribution in [2.24, 2.45) is 7.05 Å². The first kappa shape index (κ1) is 15.3. The van der Waals surface area contributed by atoms with Gasteiger partial charge in [-0.1, -0.05) is 48.4 Å². The fourth-order valence-electron chi connectivity index (χ4n) is 3.52. The number of nitrogens with zero attached hydrogens (tertiary/aromatic N) is 1. The van der Waals surface area contributed by atoms with Gasteiger partial charge in [0.25, 0.3) is 0 Å². The molecule has 3 aromatic carbocycles. The highest BCUT2D eigenvalue weighted by Gasteiger charge is 2.08. The lowest BCUT2D eigenvalue weighted by Gasteiger charge is -2.10. The van der Waals surface area contributed by atoms with E-state index in [9.17, 15) is 0 Å². The molecular formula is C28H24N+. The van der Waals surface area contributed by atoms with Gasteiger partial charge in [0.15, 0.2) is 12.4 Å². The summed E-state index contributed by atoms with van der Waals surface area (Å²) in [5, 5.41) is 0. The number of pyridine rings is 1. The summed E-state index contributed by atoms with van der Waals surface area (Å²) in [5.41, 5.74) is 7.16. The van der Waals surface area contributed by atoms with Crippen LogP contribution < -0.4 is 4.57 Å². The van der Waals surface area contributed by atoms with Gasteiger partial charge in [0.1, 0.15) is 7.05 Å². The predicted molar refractivity (Wildman–Crippen MR) is 121 cm³/mol. The molecule has 0 aliphatic heterocycles. The van der Waals surface area contributed by atoms with Gasteiger partial charge in [0, 0.05) is 21.3 Å². The Kier molecular flexibility index (Phi) is 4.31. The molecule has 0 spiro atoms. The lowest BCUT2D eigenvalue weighted by Crippen LogP contribution is -2.26. The topological polar surface area (TPSA) is 3.88 Å². The van der Waals surface area contributed by atoms with Crippen LogP contribution in [-0.2, 0) is 7.05 Å². The Morgan fingerprint density at radius 2 is 1.34 bits per heavy atom. The van der Waals surface area contributed by atoms with Crippen LogP contribution in [-0.4, -0.2) is 0 Å². The molecule has 1 nitrogen and oxygen atoms in total. The maximum atomic E-state index is 7.99. The van der Waals surface area contributed by atoms with Crippen LogP contribution in [0.3, 0.4) is 0 Å². The molecule has 0 saturated carbocycles. The van der Waals surface area contributed by atoms with Crippen molar-refractivity contribution >= 4 is 0 Å². The lowest BCUT2D eigenvalue weighted by atomic mass is 9.94. The van der Waals surface area contributed by atoms with E-state index in [1.807, 2.05) is 67.3 Å².